The van der Waals surface area contributed by atoms with Gasteiger partial charge in [0.05, 0.1) is 13.7 Å². The third kappa shape index (κ3) is 7.71. The molecule has 0 saturated carbocycles. The van der Waals surface area contributed by atoms with Crippen LogP contribution in [0.15, 0.2) is 48.0 Å². The van der Waals surface area contributed by atoms with Crippen LogP contribution in [0.25, 0.3) is 6.08 Å². The van der Waals surface area contributed by atoms with Crippen molar-refractivity contribution < 1.29 is 54.1 Å². The van der Waals surface area contributed by atoms with Crippen molar-refractivity contribution in [1.82, 2.24) is 5.32 Å². The number of phenolic OH excluding ortho intramolecular Hbond substituents is 1. The lowest BCUT2D eigenvalue weighted by molar-refractivity contribution is -0.355. The minimum absolute atomic E-state index is 0.0360. The number of carbonyl (C=O) groups is 2. The Labute approximate surface area is 249 Å². The van der Waals surface area contributed by atoms with Crippen molar-refractivity contribution in [1.29, 1.82) is 0 Å². The molecule has 2 aliphatic rings. The van der Waals surface area contributed by atoms with E-state index in [0.29, 0.717) is 18.4 Å². The second kappa shape index (κ2) is 14.3. The number of aliphatic hydroxyl groups excluding tert-OH is 3. The molecule has 2 heterocycles. The van der Waals surface area contributed by atoms with E-state index in [9.17, 15) is 35.1 Å². The number of hydrogen-bond acceptors (Lipinski definition) is 12. The Morgan fingerprint density at radius 3 is 2.65 bits per heavy atom. The lowest BCUT2D eigenvalue weighted by Crippen LogP contribution is -2.73. The number of fused-ring (bicyclic) bond motifs is 2. The number of benzene rings is 2. The highest BCUT2D eigenvalue weighted by Gasteiger charge is 2.59. The van der Waals surface area contributed by atoms with Gasteiger partial charge in [0.15, 0.2) is 23.7 Å². The van der Waals surface area contributed by atoms with Gasteiger partial charge in [0.2, 0.25) is 5.79 Å². The fraction of sp³-hybridized carbons (Fsp3) is 0.484. The third-order valence-corrected chi connectivity index (χ3v) is 7.65. The van der Waals surface area contributed by atoms with Crippen LogP contribution in [0.1, 0.15) is 42.4 Å². The van der Waals surface area contributed by atoms with E-state index >= 15 is 0 Å². The Bertz CT molecular complexity index is 1310. The van der Waals surface area contributed by atoms with E-state index in [0.717, 1.165) is 18.1 Å². The monoisotopic (exact) mass is 601 g/mol. The molecule has 0 aromatic heterocycles. The zero-order valence-corrected chi connectivity index (χ0v) is 24.1. The summed E-state index contributed by atoms with van der Waals surface area (Å²) in [5, 5.41) is 54.5. The first kappa shape index (κ1) is 32.4. The molecule has 12 nitrogen and oxygen atoms in total. The van der Waals surface area contributed by atoms with Crippen molar-refractivity contribution >= 4 is 18.0 Å². The van der Waals surface area contributed by atoms with Gasteiger partial charge >= 0.3 is 11.9 Å². The fourth-order valence-electron chi connectivity index (χ4n) is 5.54. The Morgan fingerprint density at radius 1 is 1.16 bits per heavy atom. The normalized spacial score (nSPS) is 26.0. The first-order chi connectivity index (χ1) is 20.6. The summed E-state index contributed by atoms with van der Waals surface area (Å²) in [5.74, 6) is -3.98. The van der Waals surface area contributed by atoms with Gasteiger partial charge in [-0.2, -0.15) is 0 Å². The second-order valence-corrected chi connectivity index (χ2v) is 10.8. The van der Waals surface area contributed by atoms with E-state index in [-0.39, 0.29) is 55.7 Å². The highest BCUT2D eigenvalue weighted by Crippen LogP contribution is 2.36. The number of phenols is 1. The molecule has 0 aliphatic carbocycles. The van der Waals surface area contributed by atoms with E-state index in [1.54, 1.807) is 12.1 Å². The number of methoxy groups -OCH3 is 1. The van der Waals surface area contributed by atoms with Gasteiger partial charge in [-0.05, 0) is 60.1 Å². The summed E-state index contributed by atoms with van der Waals surface area (Å²) in [5.41, 5.74) is 2.34. The van der Waals surface area contributed by atoms with Gasteiger partial charge in [-0.25, -0.2) is 4.79 Å². The molecule has 0 spiro atoms. The van der Waals surface area contributed by atoms with E-state index < -0.39 is 42.1 Å². The molecule has 4 rings (SSSR count). The molecule has 0 radical (unpaired) electrons. The topological polar surface area (TPSA) is 184 Å². The summed E-state index contributed by atoms with van der Waals surface area (Å²) in [6.45, 7) is 0.978. The molecule has 6 N–H and O–H groups in total. The van der Waals surface area contributed by atoms with E-state index in [4.69, 9.17) is 18.9 Å². The van der Waals surface area contributed by atoms with Crippen molar-refractivity contribution in [3.05, 3.63) is 64.7 Å². The molecule has 2 aromatic carbocycles. The van der Waals surface area contributed by atoms with Crippen LogP contribution in [0.3, 0.4) is 0 Å². The van der Waals surface area contributed by atoms with Crippen molar-refractivity contribution in [3.8, 4) is 11.5 Å². The summed E-state index contributed by atoms with van der Waals surface area (Å²) in [6.07, 6.45) is -2.92. The number of rotatable bonds is 12. The van der Waals surface area contributed by atoms with Crippen LogP contribution in [-0.4, -0.2) is 101 Å². The minimum Gasteiger partial charge on any atom is -0.504 e. The quantitative estimate of drug-likeness (QED) is 0.149. The van der Waals surface area contributed by atoms with Crippen LogP contribution in [0.2, 0.25) is 0 Å². The predicted molar refractivity (Wildman–Crippen MR) is 153 cm³/mol. The SMILES string of the molecule is COc1cc(C=C(CC(CCO)c2cccc(CCO)c2)C(=O)OC2C(OC(C)=O)C(O)C3CNCC2(O)O3)ccc1O. The van der Waals surface area contributed by atoms with Crippen molar-refractivity contribution in [2.75, 3.05) is 33.4 Å². The molecule has 2 aliphatic heterocycles. The van der Waals surface area contributed by atoms with Crippen LogP contribution in [0.4, 0.5) is 0 Å². The summed E-state index contributed by atoms with van der Waals surface area (Å²) in [6, 6.07) is 12.0. The van der Waals surface area contributed by atoms with Crippen molar-refractivity contribution in [3.63, 3.8) is 0 Å². The maximum Gasteiger partial charge on any atom is 0.334 e. The number of esters is 2. The van der Waals surface area contributed by atoms with Crippen LogP contribution in [0.5, 0.6) is 11.5 Å². The molecule has 12 heteroatoms. The zero-order valence-electron chi connectivity index (χ0n) is 24.1. The number of morpholine rings is 1. The number of β-amino-alcohol motifs (C(OH)–C–C–N with tert-alkyl or cyclic N) is 1. The number of nitrogens with one attached hydrogen (secondary N) is 1. The van der Waals surface area contributed by atoms with Gasteiger partial charge in [-0.15, -0.1) is 0 Å². The van der Waals surface area contributed by atoms with Gasteiger partial charge in [-0.3, -0.25) is 4.79 Å². The molecule has 6 unspecified atom stereocenters. The van der Waals surface area contributed by atoms with Gasteiger partial charge in [0.1, 0.15) is 12.2 Å². The highest BCUT2D eigenvalue weighted by atomic mass is 16.7. The lowest BCUT2D eigenvalue weighted by atomic mass is 9.87. The Hall–Kier alpha value is -3.52. The smallest absolute Gasteiger partial charge is 0.334 e. The molecule has 0 amide bonds. The molecule has 2 bridgehead atoms. The minimum atomic E-state index is -2.09. The lowest BCUT2D eigenvalue weighted by Gasteiger charge is -2.51. The van der Waals surface area contributed by atoms with Crippen molar-refractivity contribution in [2.45, 2.75) is 62.3 Å². The third-order valence-electron chi connectivity index (χ3n) is 7.65. The number of aliphatic hydroxyl groups is 4. The Balaban J connectivity index is 1.72. The van der Waals surface area contributed by atoms with E-state index in [1.165, 1.54) is 19.2 Å². The maximum atomic E-state index is 13.9. The number of carbonyl (C=O) groups excluding carboxylic acids is 2. The van der Waals surface area contributed by atoms with Crippen LogP contribution in [-0.2, 0) is 30.2 Å². The fourth-order valence-corrected chi connectivity index (χ4v) is 5.54. The van der Waals surface area contributed by atoms with Gasteiger partial charge < -0.3 is 49.8 Å². The first-order valence-electron chi connectivity index (χ1n) is 14.1. The summed E-state index contributed by atoms with van der Waals surface area (Å²) in [7, 11) is 1.39. The Kier molecular flexibility index (Phi) is 10.8. The Morgan fingerprint density at radius 2 is 1.95 bits per heavy atom. The largest absolute Gasteiger partial charge is 0.504 e. The molecule has 2 fully saturated rings. The van der Waals surface area contributed by atoms with Gasteiger partial charge in [-0.1, -0.05) is 30.3 Å². The number of ether oxygens (including phenoxy) is 4. The summed E-state index contributed by atoms with van der Waals surface area (Å²) in [4.78, 5) is 25.9. The molecule has 234 valence electrons. The first-order valence-corrected chi connectivity index (χ1v) is 14.1. The van der Waals surface area contributed by atoms with Crippen LogP contribution in [0, 0.1) is 0 Å². The predicted octanol–water partition coefficient (Wildman–Crippen LogP) is 0.770. The highest BCUT2D eigenvalue weighted by molar-refractivity contribution is 5.94. The van der Waals surface area contributed by atoms with E-state index in [2.05, 4.69) is 5.32 Å². The number of aromatic hydroxyl groups is 1. The van der Waals surface area contributed by atoms with Gasteiger partial charge in [0.25, 0.3) is 0 Å². The van der Waals surface area contributed by atoms with Crippen LogP contribution < -0.4 is 10.1 Å². The molecule has 2 saturated heterocycles. The zero-order chi connectivity index (χ0) is 31.1. The van der Waals surface area contributed by atoms with Gasteiger partial charge in [0, 0.05) is 32.3 Å². The molecule has 43 heavy (non-hydrogen) atoms. The number of hydrogen-bond donors (Lipinski definition) is 6. The summed E-state index contributed by atoms with van der Waals surface area (Å²) >= 11 is 0. The van der Waals surface area contributed by atoms with E-state index in [1.807, 2.05) is 24.3 Å². The average Bonchev–Trinajstić information content (AvgIpc) is 2.98. The van der Waals surface area contributed by atoms with Crippen LogP contribution >= 0.6 is 0 Å². The molecular formula is C31H39NO11. The maximum absolute atomic E-state index is 13.9. The summed E-state index contributed by atoms with van der Waals surface area (Å²) < 4.78 is 22.0. The molecular weight excluding hydrogens is 562 g/mol. The standard InChI is InChI=1S/C31H39NO11/c1-18(35)41-28-27(37)26-16-32-17-31(39,43-26)29(28)42-30(38)23(13-20-6-7-24(36)25(14-20)40-2)15-22(9-11-34)21-5-3-4-19(12-21)8-10-33/h3-7,12-14,22,26-29,32-34,36-37,39H,8-11,15-17H2,1-2H3. The van der Waals surface area contributed by atoms with Crippen molar-refractivity contribution in [2.24, 2.45) is 0 Å². The molecule has 6 atom stereocenters. The average molecular weight is 602 g/mol. The second-order valence-electron chi connectivity index (χ2n) is 10.8. The molecule has 2 aromatic rings.